The minimum atomic E-state index is -0.584. The molecule has 0 spiro atoms. The maximum atomic E-state index is 13.0. The summed E-state index contributed by atoms with van der Waals surface area (Å²) in [6, 6.07) is 14.3. The smallest absolute Gasteiger partial charge is 0.261 e. The van der Waals surface area contributed by atoms with Gasteiger partial charge in [-0.15, -0.1) is 0 Å². The summed E-state index contributed by atoms with van der Waals surface area (Å²) in [5, 5.41) is 7.95. The van der Waals surface area contributed by atoms with Crippen LogP contribution >= 0.6 is 23.2 Å². The van der Waals surface area contributed by atoms with Crippen molar-refractivity contribution >= 4 is 45.8 Å². The molecule has 8 heteroatoms. The van der Waals surface area contributed by atoms with Crippen LogP contribution in [-0.4, -0.2) is 20.7 Å². The molecule has 0 aliphatic heterocycles. The van der Waals surface area contributed by atoms with Crippen molar-refractivity contribution in [3.63, 3.8) is 0 Å². The topological polar surface area (TPSA) is 79.8 Å². The van der Waals surface area contributed by atoms with Crippen LogP contribution in [0.3, 0.4) is 0 Å². The molecule has 0 unspecified atom stereocenters. The van der Waals surface area contributed by atoms with E-state index in [1.165, 1.54) is 6.20 Å². The maximum absolute atomic E-state index is 13.0. The van der Waals surface area contributed by atoms with Gasteiger partial charge in [-0.1, -0.05) is 47.5 Å². The lowest BCUT2D eigenvalue weighted by atomic mass is 10.1. The van der Waals surface area contributed by atoms with Gasteiger partial charge in [-0.3, -0.25) is 9.59 Å². The number of halogens is 2. The number of rotatable bonds is 3. The number of carbonyl (C=O) groups is 1. The molecule has 2 N–H and O–H groups in total. The average molecular weight is 413 g/mol. The number of benzene rings is 2. The van der Waals surface area contributed by atoms with Crippen molar-refractivity contribution in [2.75, 3.05) is 5.32 Å². The third-order valence-electron chi connectivity index (χ3n) is 4.33. The number of carbonyl (C=O) groups excluding carboxylic acids is 1. The van der Waals surface area contributed by atoms with Crippen molar-refractivity contribution in [1.29, 1.82) is 0 Å². The van der Waals surface area contributed by atoms with Crippen molar-refractivity contribution in [3.8, 4) is 5.69 Å². The van der Waals surface area contributed by atoms with E-state index < -0.39 is 11.3 Å². The zero-order valence-electron chi connectivity index (χ0n) is 14.7. The van der Waals surface area contributed by atoms with Gasteiger partial charge < -0.3 is 10.3 Å². The fourth-order valence-electron chi connectivity index (χ4n) is 2.99. The Morgan fingerprint density at radius 3 is 2.61 bits per heavy atom. The Balaban J connectivity index is 1.78. The number of aryl methyl sites for hydroxylation is 1. The number of aromatic nitrogens is 3. The molecule has 2 heterocycles. The van der Waals surface area contributed by atoms with Gasteiger partial charge in [0.05, 0.1) is 32.5 Å². The van der Waals surface area contributed by atoms with E-state index in [2.05, 4.69) is 15.4 Å². The highest BCUT2D eigenvalue weighted by Crippen LogP contribution is 2.29. The first-order chi connectivity index (χ1) is 13.5. The second-order valence-corrected chi connectivity index (χ2v) is 6.93. The van der Waals surface area contributed by atoms with Crippen molar-refractivity contribution in [1.82, 2.24) is 14.8 Å². The molecule has 0 radical (unpaired) electrons. The van der Waals surface area contributed by atoms with E-state index in [1.54, 1.807) is 29.8 Å². The molecule has 0 fully saturated rings. The van der Waals surface area contributed by atoms with E-state index in [9.17, 15) is 9.59 Å². The molecule has 4 aromatic rings. The number of hydrogen-bond acceptors (Lipinski definition) is 3. The molecule has 140 valence electrons. The molecule has 0 atom stereocenters. The molecule has 1 amide bonds. The highest BCUT2D eigenvalue weighted by atomic mass is 35.5. The molecular weight excluding hydrogens is 399 g/mol. The van der Waals surface area contributed by atoms with Crippen LogP contribution in [0, 0.1) is 6.92 Å². The molecule has 2 aromatic carbocycles. The number of aromatic amines is 1. The average Bonchev–Trinajstić information content (AvgIpc) is 3.04. The SMILES string of the molecule is Cc1nn(-c2ccccc2)c2[nH]cc(C(=O)Nc3cccc(Cl)c3Cl)c(=O)c12. The highest BCUT2D eigenvalue weighted by molar-refractivity contribution is 6.44. The fraction of sp³-hybridized carbons (Fsp3) is 0.0500. The van der Waals surface area contributed by atoms with E-state index in [0.717, 1.165) is 5.69 Å². The van der Waals surface area contributed by atoms with Gasteiger partial charge in [0.15, 0.2) is 0 Å². The third kappa shape index (κ3) is 3.06. The first kappa shape index (κ1) is 18.3. The Morgan fingerprint density at radius 2 is 1.86 bits per heavy atom. The zero-order valence-corrected chi connectivity index (χ0v) is 16.2. The lowest BCUT2D eigenvalue weighted by Crippen LogP contribution is -2.22. The number of anilines is 1. The second-order valence-electron chi connectivity index (χ2n) is 6.14. The van der Waals surface area contributed by atoms with Crippen LogP contribution < -0.4 is 10.7 Å². The first-order valence-electron chi connectivity index (χ1n) is 8.39. The van der Waals surface area contributed by atoms with E-state index >= 15 is 0 Å². The molecule has 0 aliphatic carbocycles. The molecule has 6 nitrogen and oxygen atoms in total. The lowest BCUT2D eigenvalue weighted by Gasteiger charge is -2.08. The summed E-state index contributed by atoms with van der Waals surface area (Å²) in [4.78, 5) is 28.7. The zero-order chi connectivity index (χ0) is 19.8. The molecular formula is C20H14Cl2N4O2. The number of nitrogens with zero attached hydrogens (tertiary/aromatic N) is 2. The van der Waals surface area contributed by atoms with Crippen LogP contribution in [0.15, 0.2) is 59.5 Å². The number of H-pyrrole nitrogens is 1. The highest BCUT2D eigenvalue weighted by Gasteiger charge is 2.19. The van der Waals surface area contributed by atoms with Crippen LogP contribution in [0.2, 0.25) is 10.0 Å². The van der Waals surface area contributed by atoms with Gasteiger partial charge in [0.2, 0.25) is 5.43 Å². The summed E-state index contributed by atoms with van der Waals surface area (Å²) in [6.45, 7) is 1.73. The Hall–Kier alpha value is -3.09. The van der Waals surface area contributed by atoms with Crippen molar-refractivity contribution < 1.29 is 4.79 Å². The molecule has 2 aromatic heterocycles. The van der Waals surface area contributed by atoms with Gasteiger partial charge in [0.1, 0.15) is 11.2 Å². The van der Waals surface area contributed by atoms with Crippen molar-refractivity contribution in [3.05, 3.63) is 86.3 Å². The van der Waals surface area contributed by atoms with Gasteiger partial charge in [0, 0.05) is 6.20 Å². The van der Waals surface area contributed by atoms with Crippen LogP contribution in [0.4, 0.5) is 5.69 Å². The molecule has 28 heavy (non-hydrogen) atoms. The monoisotopic (exact) mass is 412 g/mol. The number of hydrogen-bond donors (Lipinski definition) is 2. The molecule has 4 rings (SSSR count). The normalized spacial score (nSPS) is 11.0. The maximum Gasteiger partial charge on any atom is 0.261 e. The third-order valence-corrected chi connectivity index (χ3v) is 5.15. The summed E-state index contributed by atoms with van der Waals surface area (Å²) in [6.07, 6.45) is 1.37. The molecule has 0 aliphatic rings. The largest absolute Gasteiger partial charge is 0.345 e. The van der Waals surface area contributed by atoms with Crippen LogP contribution in [-0.2, 0) is 0 Å². The minimum absolute atomic E-state index is 0.0424. The summed E-state index contributed by atoms with van der Waals surface area (Å²) in [5.74, 6) is -0.584. The van der Waals surface area contributed by atoms with Crippen LogP contribution in [0.25, 0.3) is 16.7 Å². The first-order valence-corrected chi connectivity index (χ1v) is 9.15. The second kappa shape index (κ2) is 7.14. The van der Waals surface area contributed by atoms with E-state index in [-0.39, 0.29) is 10.6 Å². The Morgan fingerprint density at radius 1 is 1.11 bits per heavy atom. The minimum Gasteiger partial charge on any atom is -0.345 e. The van der Waals surface area contributed by atoms with Gasteiger partial charge >= 0.3 is 0 Å². The van der Waals surface area contributed by atoms with E-state index in [4.69, 9.17) is 23.2 Å². The number of nitrogens with one attached hydrogen (secondary N) is 2. The van der Waals surface area contributed by atoms with E-state index in [1.807, 2.05) is 30.3 Å². The molecule has 0 bridgehead atoms. The number of pyridine rings is 1. The number of amides is 1. The lowest BCUT2D eigenvalue weighted by molar-refractivity contribution is 0.102. The Bertz CT molecular complexity index is 1260. The van der Waals surface area contributed by atoms with Gasteiger partial charge in [-0.05, 0) is 31.2 Å². The van der Waals surface area contributed by atoms with Gasteiger partial charge in [-0.25, -0.2) is 4.68 Å². The fourth-order valence-corrected chi connectivity index (χ4v) is 3.34. The van der Waals surface area contributed by atoms with Crippen LogP contribution in [0.5, 0.6) is 0 Å². The predicted molar refractivity (Wildman–Crippen MR) is 111 cm³/mol. The summed E-state index contributed by atoms with van der Waals surface area (Å²) < 4.78 is 1.64. The predicted octanol–water partition coefficient (Wildman–Crippen LogP) is 4.58. The van der Waals surface area contributed by atoms with Crippen molar-refractivity contribution in [2.45, 2.75) is 6.92 Å². The summed E-state index contributed by atoms with van der Waals surface area (Å²) in [7, 11) is 0. The van der Waals surface area contributed by atoms with Crippen LogP contribution in [0.1, 0.15) is 16.1 Å². The molecule has 0 saturated heterocycles. The van der Waals surface area contributed by atoms with Gasteiger partial charge in [-0.2, -0.15) is 5.10 Å². The molecule has 0 saturated carbocycles. The van der Waals surface area contributed by atoms with Gasteiger partial charge in [0.25, 0.3) is 5.91 Å². The Kier molecular flexibility index (Phi) is 4.66. The Labute approximate surface area is 169 Å². The van der Waals surface area contributed by atoms with Crippen molar-refractivity contribution in [2.24, 2.45) is 0 Å². The number of fused-ring (bicyclic) bond motifs is 1. The number of para-hydroxylation sites is 1. The summed E-state index contributed by atoms with van der Waals surface area (Å²) in [5.41, 5.74) is 1.72. The quantitative estimate of drug-likeness (QED) is 0.516. The van der Waals surface area contributed by atoms with E-state index in [0.29, 0.717) is 27.4 Å². The summed E-state index contributed by atoms with van der Waals surface area (Å²) >= 11 is 12.1. The standard InChI is InChI=1S/C20H14Cl2N4O2/c1-11-16-18(27)13(20(28)24-15-9-5-8-14(21)17(15)22)10-23-19(16)26(25-11)12-6-3-2-4-7-12/h2-10H,1H3,(H,23,27)(H,24,28).